The first-order chi connectivity index (χ1) is 11.7. The maximum atomic E-state index is 12.1. The van der Waals surface area contributed by atoms with E-state index in [2.05, 4.69) is 10.6 Å². The van der Waals surface area contributed by atoms with Crippen LogP contribution in [0.2, 0.25) is 0 Å². The SMILES string of the molecule is COCC(=O)N[C@H]1CO[C@H]2[C@@H]1OC[C@H]2OC(=O)NC1CCCCC1. The molecule has 4 atom stereocenters. The second-order valence-corrected chi connectivity index (χ2v) is 6.63. The Morgan fingerprint density at radius 3 is 2.54 bits per heavy atom. The van der Waals surface area contributed by atoms with Gasteiger partial charge >= 0.3 is 6.09 Å². The summed E-state index contributed by atoms with van der Waals surface area (Å²) < 4.78 is 21.7. The third kappa shape index (κ3) is 4.17. The minimum atomic E-state index is -0.442. The highest BCUT2D eigenvalue weighted by Gasteiger charge is 2.50. The van der Waals surface area contributed by atoms with E-state index in [1.807, 2.05) is 0 Å². The van der Waals surface area contributed by atoms with E-state index < -0.39 is 12.2 Å². The Hall–Kier alpha value is -1.38. The third-order valence-electron chi connectivity index (χ3n) is 4.82. The lowest BCUT2D eigenvalue weighted by atomic mass is 9.96. The number of methoxy groups -OCH3 is 1. The van der Waals surface area contributed by atoms with Gasteiger partial charge in [-0.15, -0.1) is 0 Å². The molecule has 2 aliphatic heterocycles. The summed E-state index contributed by atoms with van der Waals surface area (Å²) in [5.41, 5.74) is 0. The number of amides is 2. The molecule has 8 nitrogen and oxygen atoms in total. The van der Waals surface area contributed by atoms with Gasteiger partial charge in [-0.3, -0.25) is 4.79 Å². The number of ether oxygens (including phenoxy) is 4. The molecule has 24 heavy (non-hydrogen) atoms. The molecule has 0 unspecified atom stereocenters. The lowest BCUT2D eigenvalue weighted by molar-refractivity contribution is -0.126. The highest BCUT2D eigenvalue weighted by Crippen LogP contribution is 2.29. The van der Waals surface area contributed by atoms with Gasteiger partial charge in [0.25, 0.3) is 0 Å². The van der Waals surface area contributed by atoms with E-state index in [1.54, 1.807) is 0 Å². The minimum Gasteiger partial charge on any atom is -0.441 e. The molecule has 8 heteroatoms. The molecule has 2 heterocycles. The minimum absolute atomic E-state index is 0.00237. The van der Waals surface area contributed by atoms with Gasteiger partial charge in [0.15, 0.2) is 6.10 Å². The topological polar surface area (TPSA) is 95.1 Å². The summed E-state index contributed by atoms with van der Waals surface area (Å²) >= 11 is 0. The smallest absolute Gasteiger partial charge is 0.407 e. The monoisotopic (exact) mass is 342 g/mol. The average molecular weight is 342 g/mol. The maximum Gasteiger partial charge on any atom is 0.407 e. The van der Waals surface area contributed by atoms with Gasteiger partial charge < -0.3 is 29.6 Å². The molecule has 2 saturated heterocycles. The number of nitrogens with one attached hydrogen (secondary N) is 2. The molecule has 1 saturated carbocycles. The van der Waals surface area contributed by atoms with Gasteiger partial charge in [-0.25, -0.2) is 4.79 Å². The van der Waals surface area contributed by atoms with Crippen LogP contribution in [-0.4, -0.2) is 69.3 Å². The number of rotatable bonds is 5. The highest BCUT2D eigenvalue weighted by molar-refractivity contribution is 5.77. The standard InChI is InChI=1S/C16H26N2O6/c1-21-9-13(19)18-11-7-22-15-12(8-23-14(11)15)24-16(20)17-10-5-3-2-4-6-10/h10-12,14-15H,2-9H2,1H3,(H,17,20)(H,18,19)/t11-,12+,14+,15+/m0/s1. The zero-order valence-corrected chi connectivity index (χ0v) is 14.0. The van der Waals surface area contributed by atoms with Crippen LogP contribution in [0.15, 0.2) is 0 Å². The van der Waals surface area contributed by atoms with Crippen molar-refractivity contribution in [3.05, 3.63) is 0 Å². The van der Waals surface area contributed by atoms with E-state index in [0.29, 0.717) is 6.61 Å². The molecule has 2 N–H and O–H groups in total. The largest absolute Gasteiger partial charge is 0.441 e. The first-order valence-electron chi connectivity index (χ1n) is 8.66. The van der Waals surface area contributed by atoms with Crippen molar-refractivity contribution in [2.45, 2.75) is 62.5 Å². The third-order valence-corrected chi connectivity index (χ3v) is 4.82. The van der Waals surface area contributed by atoms with E-state index >= 15 is 0 Å². The van der Waals surface area contributed by atoms with E-state index in [1.165, 1.54) is 13.5 Å². The zero-order valence-electron chi connectivity index (χ0n) is 14.0. The van der Waals surface area contributed by atoms with Crippen LogP contribution < -0.4 is 10.6 Å². The molecule has 0 aromatic carbocycles. The van der Waals surface area contributed by atoms with Gasteiger partial charge in [-0.1, -0.05) is 19.3 Å². The number of fused-ring (bicyclic) bond motifs is 1. The molecular formula is C16H26N2O6. The van der Waals surface area contributed by atoms with Crippen molar-refractivity contribution in [3.8, 4) is 0 Å². The fourth-order valence-corrected chi connectivity index (χ4v) is 3.65. The van der Waals surface area contributed by atoms with Crippen molar-refractivity contribution >= 4 is 12.0 Å². The fourth-order valence-electron chi connectivity index (χ4n) is 3.65. The molecule has 3 aliphatic rings. The van der Waals surface area contributed by atoms with E-state index in [9.17, 15) is 9.59 Å². The first kappa shape index (κ1) is 17.4. The number of hydrogen-bond donors (Lipinski definition) is 2. The first-order valence-corrected chi connectivity index (χ1v) is 8.66. The predicted octanol–water partition coefficient (Wildman–Crippen LogP) is 0.343. The summed E-state index contributed by atoms with van der Waals surface area (Å²) in [6.07, 6.45) is 4.06. The molecule has 0 bridgehead atoms. The molecule has 136 valence electrons. The van der Waals surface area contributed by atoms with Crippen molar-refractivity contribution in [2.75, 3.05) is 26.9 Å². The average Bonchev–Trinajstić information content (AvgIpc) is 3.13. The van der Waals surface area contributed by atoms with Crippen LogP contribution in [0.3, 0.4) is 0 Å². The Bertz CT molecular complexity index is 454. The number of hydrogen-bond acceptors (Lipinski definition) is 6. The van der Waals surface area contributed by atoms with Crippen LogP contribution >= 0.6 is 0 Å². The number of alkyl carbamates (subject to hydrolysis) is 1. The molecular weight excluding hydrogens is 316 g/mol. The summed E-state index contributed by atoms with van der Waals surface area (Å²) in [6, 6.07) is -0.0393. The van der Waals surface area contributed by atoms with E-state index in [4.69, 9.17) is 18.9 Å². The zero-order chi connectivity index (χ0) is 16.9. The molecule has 3 rings (SSSR count). The van der Waals surface area contributed by atoms with Crippen LogP contribution in [0.5, 0.6) is 0 Å². The Morgan fingerprint density at radius 2 is 1.79 bits per heavy atom. The fraction of sp³-hybridized carbons (Fsp3) is 0.875. The molecule has 0 spiro atoms. The summed E-state index contributed by atoms with van der Waals surface area (Å²) in [5, 5.41) is 5.75. The van der Waals surface area contributed by atoms with Gasteiger partial charge in [-0.05, 0) is 12.8 Å². The Labute approximate surface area is 141 Å². The summed E-state index contributed by atoms with van der Waals surface area (Å²) in [7, 11) is 1.47. The van der Waals surface area contributed by atoms with Crippen molar-refractivity contribution in [2.24, 2.45) is 0 Å². The Kier molecular flexibility index (Phi) is 5.91. The molecule has 2 amide bonds. The summed E-state index contributed by atoms with van der Waals surface area (Å²) in [5.74, 6) is -0.213. The molecule has 0 aromatic rings. The predicted molar refractivity (Wildman–Crippen MR) is 83.6 cm³/mol. The van der Waals surface area contributed by atoms with Crippen molar-refractivity contribution in [1.82, 2.24) is 10.6 Å². The van der Waals surface area contributed by atoms with E-state index in [0.717, 1.165) is 25.7 Å². The second-order valence-electron chi connectivity index (χ2n) is 6.63. The van der Waals surface area contributed by atoms with Crippen LogP contribution in [0.4, 0.5) is 4.79 Å². The molecule has 1 aliphatic carbocycles. The number of carbonyl (C=O) groups excluding carboxylic acids is 2. The quantitative estimate of drug-likeness (QED) is 0.748. The van der Waals surface area contributed by atoms with Crippen LogP contribution in [0.25, 0.3) is 0 Å². The Balaban J connectivity index is 1.45. The Morgan fingerprint density at radius 1 is 1.04 bits per heavy atom. The lowest BCUT2D eigenvalue weighted by Gasteiger charge is -2.24. The van der Waals surface area contributed by atoms with Gasteiger partial charge in [0.2, 0.25) is 5.91 Å². The van der Waals surface area contributed by atoms with Crippen LogP contribution in [0.1, 0.15) is 32.1 Å². The van der Waals surface area contributed by atoms with Gasteiger partial charge in [-0.2, -0.15) is 0 Å². The van der Waals surface area contributed by atoms with Crippen molar-refractivity contribution < 1.29 is 28.5 Å². The van der Waals surface area contributed by atoms with E-state index in [-0.39, 0.29) is 43.4 Å². The maximum absolute atomic E-state index is 12.1. The van der Waals surface area contributed by atoms with Crippen LogP contribution in [0, 0.1) is 0 Å². The summed E-state index contributed by atoms with van der Waals surface area (Å²) in [6.45, 7) is 0.622. The van der Waals surface area contributed by atoms with Crippen molar-refractivity contribution in [1.29, 1.82) is 0 Å². The van der Waals surface area contributed by atoms with Gasteiger partial charge in [0.05, 0.1) is 19.3 Å². The number of carbonyl (C=O) groups is 2. The lowest BCUT2D eigenvalue weighted by Crippen LogP contribution is -2.46. The summed E-state index contributed by atoms with van der Waals surface area (Å²) in [4.78, 5) is 23.7. The normalized spacial score (nSPS) is 33.0. The van der Waals surface area contributed by atoms with Gasteiger partial charge in [0, 0.05) is 13.2 Å². The molecule has 3 fully saturated rings. The second kappa shape index (κ2) is 8.13. The molecule has 0 aromatic heterocycles. The van der Waals surface area contributed by atoms with Crippen LogP contribution in [-0.2, 0) is 23.7 Å². The molecule has 0 radical (unpaired) electrons. The van der Waals surface area contributed by atoms with Crippen molar-refractivity contribution in [3.63, 3.8) is 0 Å². The highest BCUT2D eigenvalue weighted by atomic mass is 16.6. The van der Waals surface area contributed by atoms with Gasteiger partial charge in [0.1, 0.15) is 18.8 Å².